The lowest BCUT2D eigenvalue weighted by atomic mass is 9.62. The van der Waals surface area contributed by atoms with Gasteiger partial charge in [0.1, 0.15) is 5.41 Å². The van der Waals surface area contributed by atoms with Crippen LogP contribution in [0.3, 0.4) is 0 Å². The van der Waals surface area contributed by atoms with E-state index in [4.69, 9.17) is 5.73 Å². The SMILES string of the molecule is CN1CCC(NC2CC2[C@H]2C(C(N)=O)=CC=CC2(c2ccccc2)C(F)(F)F)CC1. The third kappa shape index (κ3) is 3.69. The second-order valence-electron chi connectivity index (χ2n) is 8.81. The summed E-state index contributed by atoms with van der Waals surface area (Å²) in [7, 11) is 2.08. The molecule has 0 radical (unpaired) electrons. The van der Waals surface area contributed by atoms with Crippen LogP contribution >= 0.6 is 0 Å². The fourth-order valence-corrected chi connectivity index (χ4v) is 5.24. The van der Waals surface area contributed by atoms with Crippen molar-refractivity contribution in [3.63, 3.8) is 0 Å². The van der Waals surface area contributed by atoms with Gasteiger partial charge < -0.3 is 16.0 Å². The molecule has 1 aliphatic heterocycles. The lowest BCUT2D eigenvalue weighted by Gasteiger charge is -2.43. The van der Waals surface area contributed by atoms with E-state index in [2.05, 4.69) is 17.3 Å². The first-order valence-corrected chi connectivity index (χ1v) is 10.5. The number of carbonyl (C=O) groups is 1. The highest BCUT2D eigenvalue weighted by Gasteiger charge is 2.65. The minimum atomic E-state index is -4.56. The van der Waals surface area contributed by atoms with Crippen LogP contribution in [-0.2, 0) is 10.2 Å². The van der Waals surface area contributed by atoms with Crippen LogP contribution in [0, 0.1) is 11.8 Å². The molecular weight excluding hydrogens is 391 g/mol. The standard InChI is InChI=1S/C23H28F3N3O/c1-29-12-9-16(10-13-29)28-19-14-18(19)20-17(21(27)30)8-5-11-22(20,23(24,25)26)15-6-3-2-4-7-15/h2-8,11,16,18-20,28H,9-10,12-14H2,1H3,(H2,27,30)/t18?,19?,20-,22?/m1/s1. The highest BCUT2D eigenvalue weighted by molar-refractivity contribution is 5.94. The van der Waals surface area contributed by atoms with Crippen molar-refractivity contribution < 1.29 is 18.0 Å². The number of benzene rings is 1. The zero-order valence-electron chi connectivity index (χ0n) is 17.0. The molecule has 30 heavy (non-hydrogen) atoms. The minimum Gasteiger partial charge on any atom is -0.366 e. The number of alkyl halides is 3. The molecule has 7 heteroatoms. The fraction of sp³-hybridized carbons (Fsp3) is 0.522. The number of amides is 1. The van der Waals surface area contributed by atoms with Gasteiger partial charge in [-0.3, -0.25) is 4.79 Å². The largest absolute Gasteiger partial charge is 0.402 e. The Morgan fingerprint density at radius 3 is 2.47 bits per heavy atom. The molecule has 1 aromatic carbocycles. The number of halogens is 3. The van der Waals surface area contributed by atoms with E-state index in [1.807, 2.05) is 0 Å². The maximum atomic E-state index is 14.7. The summed E-state index contributed by atoms with van der Waals surface area (Å²) in [6.45, 7) is 1.95. The number of nitrogens with zero attached hydrogens (tertiary/aromatic N) is 1. The number of primary amides is 1. The van der Waals surface area contributed by atoms with Crippen molar-refractivity contribution >= 4 is 5.91 Å². The van der Waals surface area contributed by atoms with Gasteiger partial charge in [-0.1, -0.05) is 48.6 Å². The summed E-state index contributed by atoms with van der Waals surface area (Å²) in [5, 5.41) is 3.56. The number of rotatable bonds is 5. The molecule has 0 aromatic heterocycles. The Labute approximate surface area is 175 Å². The molecule has 2 aliphatic carbocycles. The average Bonchev–Trinajstić information content (AvgIpc) is 3.47. The molecule has 1 saturated heterocycles. The van der Waals surface area contributed by atoms with Crippen molar-refractivity contribution in [2.75, 3.05) is 20.1 Å². The first-order chi connectivity index (χ1) is 14.2. The Hall–Kier alpha value is -2.12. The maximum absolute atomic E-state index is 14.7. The van der Waals surface area contributed by atoms with Crippen LogP contribution in [0.5, 0.6) is 0 Å². The van der Waals surface area contributed by atoms with E-state index in [1.165, 1.54) is 30.4 Å². The minimum absolute atomic E-state index is 0.0388. The van der Waals surface area contributed by atoms with E-state index < -0.39 is 23.4 Å². The van der Waals surface area contributed by atoms with Crippen LogP contribution in [0.2, 0.25) is 0 Å². The first-order valence-electron chi connectivity index (χ1n) is 10.5. The molecule has 1 saturated carbocycles. The van der Waals surface area contributed by atoms with Crippen molar-refractivity contribution in [1.82, 2.24) is 10.2 Å². The normalized spacial score (nSPS) is 32.7. The van der Waals surface area contributed by atoms with Crippen LogP contribution in [-0.4, -0.2) is 49.2 Å². The maximum Gasteiger partial charge on any atom is 0.402 e. The van der Waals surface area contributed by atoms with Gasteiger partial charge in [0.25, 0.3) is 0 Å². The van der Waals surface area contributed by atoms with Gasteiger partial charge in [-0.25, -0.2) is 0 Å². The number of piperidine rings is 1. The van der Waals surface area contributed by atoms with E-state index in [-0.39, 0.29) is 23.1 Å². The van der Waals surface area contributed by atoms with Gasteiger partial charge in [0.15, 0.2) is 0 Å². The summed E-state index contributed by atoms with van der Waals surface area (Å²) in [5.74, 6) is -2.11. The Morgan fingerprint density at radius 2 is 1.87 bits per heavy atom. The van der Waals surface area contributed by atoms with Crippen molar-refractivity contribution in [1.29, 1.82) is 0 Å². The molecule has 3 unspecified atom stereocenters. The topological polar surface area (TPSA) is 58.4 Å². The van der Waals surface area contributed by atoms with E-state index in [0.717, 1.165) is 25.9 Å². The second-order valence-corrected chi connectivity index (χ2v) is 8.81. The second kappa shape index (κ2) is 7.85. The Kier molecular flexibility index (Phi) is 5.53. The van der Waals surface area contributed by atoms with Crippen LogP contribution in [0.4, 0.5) is 13.2 Å². The number of nitrogens with two attached hydrogens (primary N) is 1. The molecule has 3 aliphatic rings. The van der Waals surface area contributed by atoms with E-state index >= 15 is 0 Å². The lowest BCUT2D eigenvalue weighted by Crippen LogP contribution is -2.52. The van der Waals surface area contributed by atoms with Gasteiger partial charge in [0, 0.05) is 23.6 Å². The zero-order valence-corrected chi connectivity index (χ0v) is 17.0. The average molecular weight is 419 g/mol. The fourth-order valence-electron chi connectivity index (χ4n) is 5.24. The summed E-state index contributed by atoms with van der Waals surface area (Å²) in [4.78, 5) is 14.5. The van der Waals surface area contributed by atoms with Gasteiger partial charge in [-0.15, -0.1) is 0 Å². The Balaban J connectivity index is 1.67. The molecule has 0 bridgehead atoms. The molecule has 4 nitrogen and oxygen atoms in total. The van der Waals surface area contributed by atoms with Gasteiger partial charge in [0.05, 0.1) is 0 Å². The predicted molar refractivity (Wildman–Crippen MR) is 110 cm³/mol. The number of hydrogen-bond donors (Lipinski definition) is 2. The summed E-state index contributed by atoms with van der Waals surface area (Å²) in [5.41, 5.74) is 3.53. The summed E-state index contributed by atoms with van der Waals surface area (Å²) < 4.78 is 44.2. The van der Waals surface area contributed by atoms with Crippen LogP contribution < -0.4 is 11.1 Å². The van der Waals surface area contributed by atoms with Crippen LogP contribution in [0.15, 0.2) is 54.1 Å². The predicted octanol–water partition coefficient (Wildman–Crippen LogP) is 3.16. The highest BCUT2D eigenvalue weighted by atomic mass is 19.4. The molecule has 3 N–H and O–H groups in total. The molecule has 1 heterocycles. The molecule has 0 spiro atoms. The van der Waals surface area contributed by atoms with Gasteiger partial charge in [-0.05, 0) is 50.9 Å². The van der Waals surface area contributed by atoms with Crippen molar-refractivity contribution in [3.05, 3.63) is 59.7 Å². The summed E-state index contributed by atoms with van der Waals surface area (Å²) >= 11 is 0. The molecule has 2 fully saturated rings. The van der Waals surface area contributed by atoms with Crippen molar-refractivity contribution in [3.8, 4) is 0 Å². The zero-order chi connectivity index (χ0) is 21.5. The van der Waals surface area contributed by atoms with Crippen LogP contribution in [0.1, 0.15) is 24.8 Å². The van der Waals surface area contributed by atoms with Gasteiger partial charge >= 0.3 is 6.18 Å². The van der Waals surface area contributed by atoms with Crippen molar-refractivity contribution in [2.24, 2.45) is 17.6 Å². The quantitative estimate of drug-likeness (QED) is 0.771. The van der Waals surface area contributed by atoms with Gasteiger partial charge in [-0.2, -0.15) is 13.2 Å². The third-order valence-electron chi connectivity index (χ3n) is 6.90. The van der Waals surface area contributed by atoms with E-state index in [0.29, 0.717) is 12.5 Å². The lowest BCUT2D eigenvalue weighted by molar-refractivity contribution is -0.190. The number of hydrogen-bond acceptors (Lipinski definition) is 3. The molecule has 4 rings (SSSR count). The number of allylic oxidation sites excluding steroid dienone is 3. The monoisotopic (exact) mass is 419 g/mol. The third-order valence-corrected chi connectivity index (χ3v) is 6.90. The molecule has 4 atom stereocenters. The van der Waals surface area contributed by atoms with E-state index in [1.54, 1.807) is 18.2 Å². The molecular formula is C23H28F3N3O. The summed E-state index contributed by atoms with van der Waals surface area (Å²) in [6, 6.07) is 8.17. The summed E-state index contributed by atoms with van der Waals surface area (Å²) in [6.07, 6.45) is 2.01. The molecule has 162 valence electrons. The first kappa shape index (κ1) is 21.1. The van der Waals surface area contributed by atoms with Gasteiger partial charge in [0.2, 0.25) is 5.91 Å². The highest BCUT2D eigenvalue weighted by Crippen LogP contribution is 2.59. The Morgan fingerprint density at radius 1 is 1.20 bits per heavy atom. The van der Waals surface area contributed by atoms with Crippen molar-refractivity contribution in [2.45, 2.75) is 42.9 Å². The number of likely N-dealkylation sites (tertiary alicyclic amines) is 1. The number of nitrogens with one attached hydrogen (secondary N) is 1. The smallest absolute Gasteiger partial charge is 0.366 e. The van der Waals surface area contributed by atoms with E-state index in [9.17, 15) is 18.0 Å². The molecule has 1 aromatic rings. The number of carbonyl (C=O) groups excluding carboxylic acids is 1. The Bertz CT molecular complexity index is 843. The molecule has 1 amide bonds. The van der Waals surface area contributed by atoms with Crippen LogP contribution in [0.25, 0.3) is 0 Å².